The summed E-state index contributed by atoms with van der Waals surface area (Å²) in [5, 5.41) is 4.20. The summed E-state index contributed by atoms with van der Waals surface area (Å²) in [7, 11) is -1.24. The Morgan fingerprint density at radius 1 is 1.55 bits per heavy atom. The summed E-state index contributed by atoms with van der Waals surface area (Å²) in [5.41, 5.74) is 0.990. The van der Waals surface area contributed by atoms with Gasteiger partial charge in [-0.15, -0.1) is 0 Å². The highest BCUT2D eigenvalue weighted by Gasteiger charge is 2.43. The molecule has 7 nitrogen and oxygen atoms in total. The lowest BCUT2D eigenvalue weighted by atomic mass is 9.90. The zero-order valence-corrected chi connectivity index (χ0v) is 14.0. The minimum atomic E-state index is -3.16. The van der Waals surface area contributed by atoms with Crippen LogP contribution < -0.4 is 4.72 Å². The standard InChI is InChI=1S/C14H24N4O3S/c1-17-9-12(8-15-17)10-18-5-4-14(11-18)7-13(3-6-21-14)16-22(2,19)20/h8-9,13,16H,3-7,10-11H2,1-2H3/t13-,14-/m1/s1. The average Bonchev–Trinajstić information content (AvgIpc) is 2.96. The second-order valence-electron chi connectivity index (χ2n) is 6.59. The lowest BCUT2D eigenvalue weighted by Crippen LogP contribution is -2.49. The monoisotopic (exact) mass is 328 g/mol. The van der Waals surface area contributed by atoms with E-state index in [4.69, 9.17) is 4.74 Å². The van der Waals surface area contributed by atoms with Crippen molar-refractivity contribution in [1.82, 2.24) is 19.4 Å². The van der Waals surface area contributed by atoms with Crippen LogP contribution in [0.5, 0.6) is 0 Å². The molecule has 1 N–H and O–H groups in total. The van der Waals surface area contributed by atoms with E-state index in [0.717, 1.165) is 38.9 Å². The van der Waals surface area contributed by atoms with Gasteiger partial charge in [0.1, 0.15) is 0 Å². The Bertz CT molecular complexity index is 630. The smallest absolute Gasteiger partial charge is 0.208 e. The number of aryl methyl sites for hydroxylation is 1. The molecule has 0 bridgehead atoms. The van der Waals surface area contributed by atoms with Gasteiger partial charge in [-0.3, -0.25) is 9.58 Å². The first kappa shape index (κ1) is 15.9. The average molecular weight is 328 g/mol. The molecule has 2 atom stereocenters. The van der Waals surface area contributed by atoms with Crippen molar-refractivity contribution in [3.05, 3.63) is 18.0 Å². The van der Waals surface area contributed by atoms with Gasteiger partial charge in [0.2, 0.25) is 10.0 Å². The number of likely N-dealkylation sites (tertiary alicyclic amines) is 1. The van der Waals surface area contributed by atoms with Gasteiger partial charge in [0.25, 0.3) is 0 Å². The third kappa shape index (κ3) is 3.87. The van der Waals surface area contributed by atoms with Crippen molar-refractivity contribution in [2.75, 3.05) is 26.0 Å². The fourth-order valence-corrected chi connectivity index (χ4v) is 4.40. The number of ether oxygens (including phenoxy) is 1. The van der Waals surface area contributed by atoms with Crippen LogP contribution in [0.25, 0.3) is 0 Å². The predicted octanol–water partition coefficient (Wildman–Crippen LogP) is 0.0928. The zero-order chi connectivity index (χ0) is 15.8. The Balaban J connectivity index is 1.60. The molecule has 3 heterocycles. The highest BCUT2D eigenvalue weighted by molar-refractivity contribution is 7.88. The first-order valence-corrected chi connectivity index (χ1v) is 9.54. The van der Waals surface area contributed by atoms with Crippen LogP contribution in [0.2, 0.25) is 0 Å². The lowest BCUT2D eigenvalue weighted by Gasteiger charge is -2.38. The van der Waals surface area contributed by atoms with E-state index in [1.165, 1.54) is 11.8 Å². The van der Waals surface area contributed by atoms with Crippen molar-refractivity contribution >= 4 is 10.0 Å². The minimum absolute atomic E-state index is 0.0120. The van der Waals surface area contributed by atoms with Gasteiger partial charge in [0.05, 0.1) is 18.1 Å². The third-order valence-corrected chi connectivity index (χ3v) is 5.20. The van der Waals surface area contributed by atoms with E-state index in [1.807, 2.05) is 24.1 Å². The van der Waals surface area contributed by atoms with E-state index < -0.39 is 10.0 Å². The fraction of sp³-hybridized carbons (Fsp3) is 0.786. The predicted molar refractivity (Wildman–Crippen MR) is 82.8 cm³/mol. The number of rotatable bonds is 4. The molecule has 0 unspecified atom stereocenters. The first-order chi connectivity index (χ1) is 10.3. The van der Waals surface area contributed by atoms with Crippen molar-refractivity contribution < 1.29 is 13.2 Å². The van der Waals surface area contributed by atoms with Crippen molar-refractivity contribution in [2.24, 2.45) is 7.05 Å². The van der Waals surface area contributed by atoms with E-state index in [9.17, 15) is 8.42 Å². The van der Waals surface area contributed by atoms with Gasteiger partial charge in [0.15, 0.2) is 0 Å². The van der Waals surface area contributed by atoms with Crippen molar-refractivity contribution in [2.45, 2.75) is 37.5 Å². The molecule has 1 spiro atoms. The normalized spacial score (nSPS) is 30.2. The summed E-state index contributed by atoms with van der Waals surface area (Å²) >= 11 is 0. The van der Waals surface area contributed by atoms with Crippen LogP contribution in [0, 0.1) is 0 Å². The number of nitrogens with zero attached hydrogens (tertiary/aromatic N) is 3. The molecule has 2 saturated heterocycles. The molecule has 2 aliphatic heterocycles. The van der Waals surface area contributed by atoms with E-state index in [0.29, 0.717) is 6.61 Å². The summed E-state index contributed by atoms with van der Waals surface area (Å²) in [6.45, 7) is 3.31. The Morgan fingerprint density at radius 2 is 2.36 bits per heavy atom. The van der Waals surface area contributed by atoms with Crippen molar-refractivity contribution in [3.63, 3.8) is 0 Å². The second kappa shape index (κ2) is 5.92. The van der Waals surface area contributed by atoms with E-state index in [-0.39, 0.29) is 11.6 Å². The molecule has 8 heteroatoms. The van der Waals surface area contributed by atoms with Crippen LogP contribution in [0.4, 0.5) is 0 Å². The van der Waals surface area contributed by atoms with Crippen LogP contribution in [0.1, 0.15) is 24.8 Å². The fourth-order valence-electron chi connectivity index (χ4n) is 3.59. The Kier molecular flexibility index (Phi) is 4.28. The molecule has 1 aromatic rings. The number of sulfonamides is 1. The molecule has 2 fully saturated rings. The van der Waals surface area contributed by atoms with Crippen LogP contribution in [-0.4, -0.2) is 60.7 Å². The summed E-state index contributed by atoms with van der Waals surface area (Å²) in [4.78, 5) is 2.36. The maximum atomic E-state index is 11.4. The maximum absolute atomic E-state index is 11.4. The maximum Gasteiger partial charge on any atom is 0.208 e. The van der Waals surface area contributed by atoms with E-state index in [1.54, 1.807) is 0 Å². The van der Waals surface area contributed by atoms with Gasteiger partial charge in [-0.25, -0.2) is 13.1 Å². The minimum Gasteiger partial charge on any atom is -0.373 e. The van der Waals surface area contributed by atoms with E-state index >= 15 is 0 Å². The molecule has 0 radical (unpaired) electrons. The summed E-state index contributed by atoms with van der Waals surface area (Å²) in [5.74, 6) is 0. The van der Waals surface area contributed by atoms with E-state index in [2.05, 4.69) is 14.7 Å². The van der Waals surface area contributed by atoms with Gasteiger partial charge >= 0.3 is 0 Å². The second-order valence-corrected chi connectivity index (χ2v) is 8.37. The zero-order valence-electron chi connectivity index (χ0n) is 13.2. The van der Waals surface area contributed by atoms with Crippen LogP contribution in [0.3, 0.4) is 0 Å². The molecular formula is C14H24N4O3S. The summed E-state index contributed by atoms with van der Waals surface area (Å²) in [6, 6.07) is -0.0120. The largest absolute Gasteiger partial charge is 0.373 e. The molecule has 2 aliphatic rings. The number of hydrogen-bond donors (Lipinski definition) is 1. The highest BCUT2D eigenvalue weighted by Crippen LogP contribution is 2.35. The Hall–Kier alpha value is -0.960. The SMILES string of the molecule is Cn1cc(CN2CC[C@@]3(C[C@H](NS(C)(=O)=O)CCO3)C2)cn1. The van der Waals surface area contributed by atoms with Gasteiger partial charge in [-0.1, -0.05) is 0 Å². The molecule has 0 aliphatic carbocycles. The molecule has 0 aromatic carbocycles. The van der Waals surface area contributed by atoms with Crippen LogP contribution >= 0.6 is 0 Å². The number of hydrogen-bond acceptors (Lipinski definition) is 5. The topological polar surface area (TPSA) is 76.5 Å². The van der Waals surface area contributed by atoms with Gasteiger partial charge in [-0.05, 0) is 19.3 Å². The lowest BCUT2D eigenvalue weighted by molar-refractivity contribution is -0.0779. The molecule has 0 saturated carbocycles. The van der Waals surface area contributed by atoms with Crippen molar-refractivity contribution in [1.29, 1.82) is 0 Å². The first-order valence-electron chi connectivity index (χ1n) is 7.65. The highest BCUT2D eigenvalue weighted by atomic mass is 32.2. The number of aromatic nitrogens is 2. The molecule has 3 rings (SSSR count). The van der Waals surface area contributed by atoms with Crippen LogP contribution in [-0.2, 0) is 28.4 Å². The molecular weight excluding hydrogens is 304 g/mol. The Labute approximate surface area is 131 Å². The third-order valence-electron chi connectivity index (χ3n) is 4.43. The quantitative estimate of drug-likeness (QED) is 0.848. The Morgan fingerprint density at radius 3 is 3.05 bits per heavy atom. The number of nitrogens with one attached hydrogen (secondary N) is 1. The molecule has 1 aromatic heterocycles. The van der Waals surface area contributed by atoms with Gasteiger partial charge in [0, 0.05) is 51.1 Å². The summed E-state index contributed by atoms with van der Waals surface area (Å²) < 4.78 is 33.5. The molecule has 124 valence electrons. The molecule has 22 heavy (non-hydrogen) atoms. The van der Waals surface area contributed by atoms with Gasteiger partial charge < -0.3 is 4.74 Å². The van der Waals surface area contributed by atoms with Crippen LogP contribution in [0.15, 0.2) is 12.4 Å². The molecule has 0 amide bonds. The van der Waals surface area contributed by atoms with Gasteiger partial charge in [-0.2, -0.15) is 5.10 Å². The van der Waals surface area contributed by atoms with Crippen molar-refractivity contribution in [3.8, 4) is 0 Å². The summed E-state index contributed by atoms with van der Waals surface area (Å²) in [6.07, 6.45) is 7.59.